The fourth-order valence-electron chi connectivity index (χ4n) is 16.9. The largest absolute Gasteiger partial charge is 0.493 e. The minimum absolute atomic E-state index is 0.191. The molecule has 6 aromatic carbocycles. The van der Waals surface area contributed by atoms with Gasteiger partial charge in [0.05, 0.1) is 38.2 Å². The summed E-state index contributed by atoms with van der Waals surface area (Å²) >= 11 is 6.62. The SMILES string of the molecule is CCCCC(CC)COc1ccc(-c2ccc(N(c3ccc(-c4ccc(OCC(CC)CCCC)cc4OCC(CC)CCCC)cc3)c3ccc(-c4ccc(-c5cc6c(s5)-c5sc(-c7ccc(/C=C(\C#N)C(=O)O)s7)cc5C6(CC(CC)CCCC)CC(CC)CCCC)c5nsnc45)cc3)cc2)c(OCC(CC)CCCC)c1. The van der Waals surface area contributed by atoms with Gasteiger partial charge in [-0.2, -0.15) is 14.0 Å². The van der Waals surface area contributed by atoms with Crippen LogP contribution in [0.25, 0.3) is 80.4 Å². The van der Waals surface area contributed by atoms with E-state index in [0.717, 1.165) is 164 Å². The van der Waals surface area contributed by atoms with Crippen molar-refractivity contribution in [3.63, 3.8) is 0 Å². The molecular formula is C101H128N4O6S4. The quantitative estimate of drug-likeness (QED) is 0.0291. The van der Waals surface area contributed by atoms with E-state index in [1.807, 2.05) is 34.8 Å². The summed E-state index contributed by atoms with van der Waals surface area (Å²) < 4.78 is 37.4. The molecule has 4 aromatic heterocycles. The van der Waals surface area contributed by atoms with Crippen LogP contribution in [0.3, 0.4) is 0 Å². The third-order valence-corrected chi connectivity index (χ3v) is 28.8. The topological polar surface area (TPSA) is 127 Å². The molecule has 0 saturated heterocycles. The Kier molecular flexibility index (Phi) is 33.5. The van der Waals surface area contributed by atoms with Gasteiger partial charge < -0.3 is 29.0 Å². The smallest absolute Gasteiger partial charge is 0.346 e. The number of thiophene rings is 3. The van der Waals surface area contributed by atoms with E-state index in [2.05, 4.69) is 228 Å². The first-order valence-electron chi connectivity index (χ1n) is 44.1. The van der Waals surface area contributed by atoms with Crippen LogP contribution in [0.1, 0.15) is 266 Å². The molecule has 612 valence electrons. The zero-order chi connectivity index (χ0) is 81.2. The molecule has 6 unspecified atom stereocenters. The van der Waals surface area contributed by atoms with Gasteiger partial charge in [0.25, 0.3) is 0 Å². The zero-order valence-corrected chi connectivity index (χ0v) is 74.3. The highest BCUT2D eigenvalue weighted by Gasteiger charge is 2.48. The van der Waals surface area contributed by atoms with Crippen LogP contribution >= 0.6 is 45.7 Å². The van der Waals surface area contributed by atoms with Crippen LogP contribution in [0, 0.1) is 46.8 Å². The molecule has 4 heterocycles. The van der Waals surface area contributed by atoms with E-state index in [1.165, 1.54) is 151 Å². The number of hydrogen-bond donors (Lipinski definition) is 1. The van der Waals surface area contributed by atoms with E-state index in [1.54, 1.807) is 11.3 Å². The molecular weight excluding hydrogens is 1490 g/mol. The lowest BCUT2D eigenvalue weighted by Gasteiger charge is -2.37. The first-order chi connectivity index (χ1) is 56.2. The first kappa shape index (κ1) is 87.8. The van der Waals surface area contributed by atoms with Crippen molar-refractivity contribution in [2.45, 2.75) is 255 Å². The van der Waals surface area contributed by atoms with E-state index in [0.29, 0.717) is 61.9 Å². The number of unbranched alkanes of at least 4 members (excludes halogenated alkanes) is 6. The van der Waals surface area contributed by atoms with Gasteiger partial charge in [0.2, 0.25) is 0 Å². The highest BCUT2D eigenvalue weighted by molar-refractivity contribution is 7.28. The molecule has 14 heteroatoms. The number of anilines is 3. The minimum atomic E-state index is -1.21. The van der Waals surface area contributed by atoms with Gasteiger partial charge in [-0.05, 0) is 193 Å². The Morgan fingerprint density at radius 1 is 0.426 bits per heavy atom. The Bertz CT molecular complexity index is 4600. The number of fused-ring (bicyclic) bond motifs is 4. The second-order valence-corrected chi connectivity index (χ2v) is 36.3. The van der Waals surface area contributed by atoms with Gasteiger partial charge in [-0.15, -0.1) is 34.0 Å². The van der Waals surface area contributed by atoms with Crippen molar-refractivity contribution in [2.24, 2.45) is 35.5 Å². The number of nitrogens with zero attached hydrogens (tertiary/aromatic N) is 4. The van der Waals surface area contributed by atoms with Crippen molar-refractivity contribution in [3.8, 4) is 92.4 Å². The number of rotatable bonds is 50. The van der Waals surface area contributed by atoms with Crippen molar-refractivity contribution in [1.29, 1.82) is 5.26 Å². The zero-order valence-electron chi connectivity index (χ0n) is 71.0. The van der Waals surface area contributed by atoms with Crippen LogP contribution in [0.5, 0.6) is 23.0 Å². The maximum absolute atomic E-state index is 12.0. The summed E-state index contributed by atoms with van der Waals surface area (Å²) in [6.45, 7) is 30.3. The van der Waals surface area contributed by atoms with Gasteiger partial charge in [-0.1, -0.05) is 260 Å². The van der Waals surface area contributed by atoms with E-state index >= 15 is 0 Å². The van der Waals surface area contributed by atoms with Crippen LogP contribution in [0.4, 0.5) is 17.1 Å². The number of aromatic nitrogens is 2. The first-order valence-corrected chi connectivity index (χ1v) is 47.3. The maximum atomic E-state index is 12.0. The van der Waals surface area contributed by atoms with Crippen molar-refractivity contribution in [3.05, 3.63) is 167 Å². The number of aliphatic carboxylic acids is 1. The van der Waals surface area contributed by atoms with Crippen molar-refractivity contribution < 1.29 is 28.8 Å². The standard InChI is InChI=1S/C101H128N4O6S4/c1-13-25-31-69(19-7)62-101(63-70(20-8)32-26-14-2)89-60-94(113-98(89)99-90(101)61-95(114-99)93-56-51-84(112-93)57-78(64-102)100(106)107)88-55-54-87(96-97(88)104-115-103-96)77-41-47-81(48-42-77)105(79-43-37-75(38-44-79)85-52-49-82(108-65-71(21-9)33-27-15-3)58-91(85)110-67-73(23-11)35-29-17-5)80-45-39-76(40-46-80)86-53-50-83(109-66-72(22-10)34-28-16-4)59-92(86)111-68-74(24-12)36-30-18-6/h37-61,69-74H,13-36,62-63,65-68H2,1-12H3,(H,106,107)/b78-57+. The lowest BCUT2D eigenvalue weighted by Crippen LogP contribution is -2.31. The highest BCUT2D eigenvalue weighted by atomic mass is 32.1. The monoisotopic (exact) mass is 1620 g/mol. The molecule has 0 bridgehead atoms. The summed E-state index contributed by atoms with van der Waals surface area (Å²) in [4.78, 5) is 21.3. The summed E-state index contributed by atoms with van der Waals surface area (Å²) in [6, 6.07) is 55.5. The summed E-state index contributed by atoms with van der Waals surface area (Å²) in [5.74, 6) is 5.30. The van der Waals surface area contributed by atoms with Crippen LogP contribution in [0.2, 0.25) is 0 Å². The second-order valence-electron chi connectivity index (χ2n) is 32.5. The predicted octanol–water partition coefficient (Wildman–Crippen LogP) is 31.5. The van der Waals surface area contributed by atoms with Gasteiger partial charge in [0.1, 0.15) is 45.7 Å². The number of ether oxygens (including phenoxy) is 4. The van der Waals surface area contributed by atoms with Gasteiger partial charge in [-0.3, -0.25) is 0 Å². The molecule has 115 heavy (non-hydrogen) atoms. The molecule has 0 fully saturated rings. The molecule has 6 atom stereocenters. The molecule has 0 aliphatic heterocycles. The third kappa shape index (κ3) is 22.0. The molecule has 0 radical (unpaired) electrons. The van der Waals surface area contributed by atoms with E-state index in [-0.39, 0.29) is 11.0 Å². The molecule has 10 nitrogen and oxygen atoms in total. The number of carboxylic acid groups (broad SMARTS) is 1. The van der Waals surface area contributed by atoms with Crippen LogP contribution in [-0.4, -0.2) is 46.3 Å². The molecule has 0 spiro atoms. The average molecular weight is 1620 g/mol. The Morgan fingerprint density at radius 2 is 0.791 bits per heavy atom. The Balaban J connectivity index is 0.977. The Hall–Kier alpha value is -8.06. The van der Waals surface area contributed by atoms with Crippen LogP contribution < -0.4 is 23.8 Å². The molecule has 11 rings (SSSR count). The Labute approximate surface area is 705 Å². The fraction of sp³-hybridized carbons (Fsp3) is 0.485. The number of carbonyl (C=O) groups is 1. The molecule has 1 N–H and O–H groups in total. The van der Waals surface area contributed by atoms with E-state index in [4.69, 9.17) is 27.7 Å². The van der Waals surface area contributed by atoms with E-state index in [9.17, 15) is 15.2 Å². The summed E-state index contributed by atoms with van der Waals surface area (Å²) in [5, 5.41) is 19.5. The van der Waals surface area contributed by atoms with Gasteiger partial charge in [-0.25, -0.2) is 4.79 Å². The summed E-state index contributed by atoms with van der Waals surface area (Å²) in [5.41, 5.74) is 14.8. The molecule has 0 saturated carbocycles. The highest BCUT2D eigenvalue weighted by Crippen LogP contribution is 2.64. The number of carboxylic acids is 1. The normalized spacial score (nSPS) is 14.9. The van der Waals surface area contributed by atoms with Gasteiger partial charge >= 0.3 is 5.97 Å². The lowest BCUT2D eigenvalue weighted by atomic mass is 9.65. The van der Waals surface area contributed by atoms with Crippen molar-refractivity contribution >= 4 is 85.9 Å². The van der Waals surface area contributed by atoms with Crippen molar-refractivity contribution in [1.82, 2.24) is 8.75 Å². The number of hydrogen-bond acceptors (Lipinski definition) is 13. The summed E-state index contributed by atoms with van der Waals surface area (Å²) in [7, 11) is 0. The average Bonchev–Trinajstić information content (AvgIpc) is 1.54. The molecule has 1 aliphatic carbocycles. The summed E-state index contributed by atoms with van der Waals surface area (Å²) in [6.07, 6.45) is 31.6. The molecule has 0 amide bonds. The Morgan fingerprint density at radius 3 is 1.19 bits per heavy atom. The van der Waals surface area contributed by atoms with E-state index < -0.39 is 5.97 Å². The maximum Gasteiger partial charge on any atom is 0.346 e. The molecule has 1 aliphatic rings. The van der Waals surface area contributed by atoms with Crippen LogP contribution in [-0.2, 0) is 10.2 Å². The number of nitriles is 1. The second kappa shape index (κ2) is 43.9. The molecule has 10 aromatic rings. The van der Waals surface area contributed by atoms with Crippen molar-refractivity contribution in [2.75, 3.05) is 31.3 Å². The lowest BCUT2D eigenvalue weighted by molar-refractivity contribution is -0.132. The van der Waals surface area contributed by atoms with Gasteiger partial charge in [0.15, 0.2) is 0 Å². The van der Waals surface area contributed by atoms with Crippen LogP contribution in [0.15, 0.2) is 151 Å². The third-order valence-electron chi connectivity index (χ3n) is 24.6. The fourth-order valence-corrected chi connectivity index (χ4v) is 21.2. The minimum Gasteiger partial charge on any atom is -0.493 e. The predicted molar refractivity (Wildman–Crippen MR) is 491 cm³/mol. The number of benzene rings is 6. The van der Waals surface area contributed by atoms with Gasteiger partial charge in [0, 0.05) is 86.1 Å².